The van der Waals surface area contributed by atoms with E-state index in [1.54, 1.807) is 36.4 Å². The first-order chi connectivity index (χ1) is 20.2. The van der Waals surface area contributed by atoms with E-state index in [4.69, 9.17) is 26.1 Å². The van der Waals surface area contributed by atoms with Gasteiger partial charge in [-0.15, -0.1) is 0 Å². The topological polar surface area (TPSA) is 77.1 Å². The van der Waals surface area contributed by atoms with Crippen LogP contribution in [0.15, 0.2) is 54.6 Å². The molecule has 0 aromatic heterocycles. The smallest absolute Gasteiger partial charge is 0.416 e. The minimum Gasteiger partial charge on any atom is -0.497 e. The molecule has 1 heterocycles. The van der Waals surface area contributed by atoms with Gasteiger partial charge >= 0.3 is 12.1 Å². The lowest BCUT2D eigenvalue weighted by Gasteiger charge is -2.30. The minimum absolute atomic E-state index is 0.167. The molecule has 1 atom stereocenters. The van der Waals surface area contributed by atoms with Gasteiger partial charge in [0.25, 0.3) is 5.91 Å². The number of ether oxygens (including phenoxy) is 1. The van der Waals surface area contributed by atoms with Crippen molar-refractivity contribution in [1.29, 1.82) is 0 Å². The zero-order chi connectivity index (χ0) is 31.5. The first kappa shape index (κ1) is 32.0. The van der Waals surface area contributed by atoms with Crippen LogP contribution in [0.5, 0.6) is 11.5 Å². The Balaban J connectivity index is 1.81. The molecule has 1 amide bonds. The standard InChI is InChI=1S/C32H34ClF3N2O5/c1-6-7-27(39)43-42-26-18-23(41-5)17-24(28(26)31(2,3)4)37-29(20-9-12-22(33)13-10-20)30(40)38-15-14-19-8-11-21(16-25(19)38)32(34,35)36/h8-13,16-18,29,37H,6-7,14-15H2,1-5H3. The van der Waals surface area contributed by atoms with E-state index < -0.39 is 35.1 Å². The van der Waals surface area contributed by atoms with Crippen molar-refractivity contribution in [2.45, 2.75) is 64.6 Å². The van der Waals surface area contributed by atoms with Gasteiger partial charge in [-0.3, -0.25) is 14.6 Å². The van der Waals surface area contributed by atoms with E-state index in [2.05, 4.69) is 5.32 Å². The number of rotatable bonds is 9. The maximum Gasteiger partial charge on any atom is 0.416 e. The van der Waals surface area contributed by atoms with Gasteiger partial charge in [-0.25, -0.2) is 4.79 Å². The van der Waals surface area contributed by atoms with Crippen LogP contribution < -0.4 is 19.8 Å². The number of fused-ring (bicyclic) bond motifs is 1. The summed E-state index contributed by atoms with van der Waals surface area (Å²) in [6.45, 7) is 7.83. The van der Waals surface area contributed by atoms with E-state index in [0.29, 0.717) is 46.0 Å². The molecule has 0 spiro atoms. The zero-order valence-corrected chi connectivity index (χ0v) is 25.4. The molecule has 1 aliphatic heterocycles. The number of halogens is 4. The quantitative estimate of drug-likeness (QED) is 0.193. The highest BCUT2D eigenvalue weighted by molar-refractivity contribution is 6.30. The molecule has 1 unspecified atom stereocenters. The molecule has 43 heavy (non-hydrogen) atoms. The van der Waals surface area contributed by atoms with Crippen molar-refractivity contribution in [2.75, 3.05) is 23.9 Å². The molecule has 1 aliphatic rings. The zero-order valence-electron chi connectivity index (χ0n) is 24.6. The molecular formula is C32H34ClF3N2O5. The number of anilines is 2. The lowest BCUT2D eigenvalue weighted by molar-refractivity contribution is -0.214. The summed E-state index contributed by atoms with van der Waals surface area (Å²) < 4.78 is 46.2. The summed E-state index contributed by atoms with van der Waals surface area (Å²) >= 11 is 6.14. The second-order valence-electron chi connectivity index (χ2n) is 11.3. The summed E-state index contributed by atoms with van der Waals surface area (Å²) in [5.41, 5.74) is 1.03. The van der Waals surface area contributed by atoms with E-state index in [9.17, 15) is 22.8 Å². The van der Waals surface area contributed by atoms with E-state index in [-0.39, 0.29) is 24.4 Å². The third-order valence-corrected chi connectivity index (χ3v) is 7.32. The van der Waals surface area contributed by atoms with Crippen molar-refractivity contribution in [3.63, 3.8) is 0 Å². The highest BCUT2D eigenvalue weighted by Crippen LogP contribution is 2.43. The van der Waals surface area contributed by atoms with Crippen molar-refractivity contribution in [2.24, 2.45) is 0 Å². The summed E-state index contributed by atoms with van der Waals surface area (Å²) in [5, 5.41) is 3.77. The molecule has 7 nitrogen and oxygen atoms in total. The molecule has 4 rings (SSSR count). The Labute approximate surface area is 253 Å². The number of nitrogens with zero attached hydrogens (tertiary/aromatic N) is 1. The number of methoxy groups -OCH3 is 1. The second kappa shape index (κ2) is 12.8. The Morgan fingerprint density at radius 2 is 1.74 bits per heavy atom. The summed E-state index contributed by atoms with van der Waals surface area (Å²) in [5.74, 6) is -0.428. The third kappa shape index (κ3) is 7.36. The first-order valence-electron chi connectivity index (χ1n) is 13.9. The monoisotopic (exact) mass is 618 g/mol. The highest BCUT2D eigenvalue weighted by Gasteiger charge is 2.37. The van der Waals surface area contributed by atoms with Crippen LogP contribution in [0.3, 0.4) is 0 Å². The molecule has 1 N–H and O–H groups in total. The van der Waals surface area contributed by atoms with Gasteiger partial charge in [0.05, 0.1) is 12.7 Å². The van der Waals surface area contributed by atoms with E-state index >= 15 is 0 Å². The molecule has 0 bridgehead atoms. The van der Waals surface area contributed by atoms with Crippen LogP contribution in [-0.2, 0) is 32.5 Å². The van der Waals surface area contributed by atoms with Gasteiger partial charge in [0, 0.05) is 47.1 Å². The van der Waals surface area contributed by atoms with Gasteiger partial charge in [-0.2, -0.15) is 13.2 Å². The van der Waals surface area contributed by atoms with Crippen molar-refractivity contribution in [3.8, 4) is 11.5 Å². The normalized spacial score (nSPS) is 13.7. The maximum atomic E-state index is 14.3. The summed E-state index contributed by atoms with van der Waals surface area (Å²) in [4.78, 5) is 38.3. The number of carbonyl (C=O) groups is 2. The molecule has 3 aromatic rings. The molecule has 11 heteroatoms. The Morgan fingerprint density at radius 3 is 2.35 bits per heavy atom. The Bertz CT molecular complexity index is 1490. The van der Waals surface area contributed by atoms with Crippen LogP contribution in [0.2, 0.25) is 5.02 Å². The lowest BCUT2D eigenvalue weighted by Crippen LogP contribution is -2.37. The van der Waals surface area contributed by atoms with Crippen LogP contribution in [-0.4, -0.2) is 25.5 Å². The van der Waals surface area contributed by atoms with Crippen molar-refractivity contribution >= 4 is 34.9 Å². The first-order valence-corrected chi connectivity index (χ1v) is 14.2. The number of amides is 1. The van der Waals surface area contributed by atoms with E-state index in [1.165, 1.54) is 18.1 Å². The summed E-state index contributed by atoms with van der Waals surface area (Å²) in [6.07, 6.45) is -3.39. The molecule has 0 saturated carbocycles. The number of hydrogen-bond donors (Lipinski definition) is 1. The Hall–Kier alpha value is -3.92. The fourth-order valence-electron chi connectivity index (χ4n) is 5.04. The highest BCUT2D eigenvalue weighted by atomic mass is 35.5. The molecule has 0 saturated heterocycles. The molecule has 0 radical (unpaired) electrons. The number of alkyl halides is 3. The van der Waals surface area contributed by atoms with Gasteiger partial charge in [-0.05, 0) is 53.6 Å². The van der Waals surface area contributed by atoms with Crippen LogP contribution in [0.4, 0.5) is 24.5 Å². The van der Waals surface area contributed by atoms with Crippen LogP contribution >= 0.6 is 11.6 Å². The average molecular weight is 619 g/mol. The average Bonchev–Trinajstić information content (AvgIpc) is 3.37. The number of nitrogens with one attached hydrogen (secondary N) is 1. The molecule has 0 aliphatic carbocycles. The summed E-state index contributed by atoms with van der Waals surface area (Å²) in [6, 6.07) is 12.3. The van der Waals surface area contributed by atoms with E-state index in [0.717, 1.165) is 12.1 Å². The second-order valence-corrected chi connectivity index (χ2v) is 11.7. The Kier molecular flexibility index (Phi) is 9.49. The van der Waals surface area contributed by atoms with Crippen LogP contribution in [0, 0.1) is 0 Å². The van der Waals surface area contributed by atoms with Gasteiger partial charge in [0.1, 0.15) is 11.8 Å². The molecule has 230 valence electrons. The van der Waals surface area contributed by atoms with Crippen molar-refractivity contribution in [3.05, 3.63) is 81.9 Å². The summed E-state index contributed by atoms with van der Waals surface area (Å²) in [7, 11) is 1.46. The maximum absolute atomic E-state index is 14.3. The van der Waals surface area contributed by atoms with Crippen molar-refractivity contribution < 1.29 is 37.3 Å². The number of benzene rings is 3. The van der Waals surface area contributed by atoms with Gasteiger partial charge in [0.15, 0.2) is 5.75 Å². The fourth-order valence-corrected chi connectivity index (χ4v) is 5.16. The lowest BCUT2D eigenvalue weighted by atomic mass is 9.84. The Morgan fingerprint density at radius 1 is 1.05 bits per heavy atom. The van der Waals surface area contributed by atoms with Gasteiger partial charge in [-0.1, -0.05) is 57.5 Å². The SMILES string of the molecule is CCCC(=O)OOc1cc(OC)cc(NC(C(=O)N2CCc3ccc(C(F)(F)F)cc32)c2ccc(Cl)cc2)c1C(C)(C)C. The number of carbonyl (C=O) groups excluding carboxylic acids is 2. The molecule has 0 fully saturated rings. The number of hydrogen-bond acceptors (Lipinski definition) is 6. The van der Waals surface area contributed by atoms with Crippen LogP contribution in [0.1, 0.15) is 68.8 Å². The third-order valence-electron chi connectivity index (χ3n) is 7.06. The predicted octanol–water partition coefficient (Wildman–Crippen LogP) is 8.04. The largest absolute Gasteiger partial charge is 0.497 e. The van der Waals surface area contributed by atoms with Gasteiger partial charge < -0.3 is 15.0 Å². The van der Waals surface area contributed by atoms with Gasteiger partial charge in [0.2, 0.25) is 0 Å². The van der Waals surface area contributed by atoms with Crippen molar-refractivity contribution in [1.82, 2.24) is 0 Å². The predicted molar refractivity (Wildman–Crippen MR) is 159 cm³/mol. The fraction of sp³-hybridized carbons (Fsp3) is 0.375. The van der Waals surface area contributed by atoms with E-state index in [1.807, 2.05) is 27.7 Å². The minimum atomic E-state index is -4.56. The van der Waals surface area contributed by atoms with Crippen LogP contribution in [0.25, 0.3) is 0 Å². The molecular weight excluding hydrogens is 585 g/mol. The molecule has 3 aromatic carbocycles.